The van der Waals surface area contributed by atoms with Crippen LogP contribution in [0.15, 0.2) is 0 Å². The predicted octanol–water partition coefficient (Wildman–Crippen LogP) is 1.15. The highest BCUT2D eigenvalue weighted by atomic mass is 16.1. The predicted molar refractivity (Wildman–Crippen MR) is 65.8 cm³/mol. The van der Waals surface area contributed by atoms with Crippen LogP contribution in [-0.4, -0.2) is 25.0 Å². The number of carbonyl (C=O) groups is 1. The molecule has 0 saturated heterocycles. The van der Waals surface area contributed by atoms with E-state index in [1.54, 1.807) is 0 Å². The molecule has 1 saturated carbocycles. The third-order valence-electron chi connectivity index (χ3n) is 2.97. The summed E-state index contributed by atoms with van der Waals surface area (Å²) in [7, 11) is 0. The monoisotopic (exact) mass is 222 g/mol. The van der Waals surface area contributed by atoms with E-state index in [0.29, 0.717) is 24.9 Å². The third kappa shape index (κ3) is 4.67. The van der Waals surface area contributed by atoms with E-state index in [1.165, 1.54) is 12.8 Å². The molecule has 1 atom stereocenters. The zero-order valence-corrected chi connectivity index (χ0v) is 10.3. The molecule has 0 spiro atoms. The normalized spacial score (nSPS) is 16.9. The van der Waals surface area contributed by atoms with E-state index >= 15 is 0 Å². The standard InChI is InChI=1S/C13H22N2O/c1-4-8-14-12(16)7-9-15-13(10(2)3)11-5-6-11/h1,10-11,13,15H,5-9H2,2-3H3,(H,14,16). The van der Waals surface area contributed by atoms with E-state index in [2.05, 4.69) is 30.4 Å². The Morgan fingerprint density at radius 3 is 2.69 bits per heavy atom. The molecule has 1 aliphatic rings. The van der Waals surface area contributed by atoms with Crippen LogP contribution in [0, 0.1) is 24.2 Å². The summed E-state index contributed by atoms with van der Waals surface area (Å²) in [6, 6.07) is 0.570. The first kappa shape index (κ1) is 13.1. The molecule has 90 valence electrons. The summed E-state index contributed by atoms with van der Waals surface area (Å²) in [6.07, 6.45) is 8.24. The Hall–Kier alpha value is -1.01. The van der Waals surface area contributed by atoms with Gasteiger partial charge in [-0.05, 0) is 24.7 Å². The largest absolute Gasteiger partial charge is 0.345 e. The molecule has 0 radical (unpaired) electrons. The second kappa shape index (κ2) is 6.55. The number of amides is 1. The second-order valence-electron chi connectivity index (χ2n) is 4.79. The van der Waals surface area contributed by atoms with Gasteiger partial charge in [0.15, 0.2) is 0 Å². The van der Waals surface area contributed by atoms with Crippen molar-refractivity contribution in [1.29, 1.82) is 0 Å². The number of carbonyl (C=O) groups excluding carboxylic acids is 1. The van der Waals surface area contributed by atoms with Gasteiger partial charge in [0, 0.05) is 19.0 Å². The molecule has 0 heterocycles. The van der Waals surface area contributed by atoms with Crippen LogP contribution in [0.4, 0.5) is 0 Å². The molecule has 3 nitrogen and oxygen atoms in total. The van der Waals surface area contributed by atoms with E-state index in [1.807, 2.05) is 0 Å². The maximum atomic E-state index is 11.3. The Balaban J connectivity index is 2.13. The van der Waals surface area contributed by atoms with Gasteiger partial charge in [-0.1, -0.05) is 19.8 Å². The van der Waals surface area contributed by atoms with Crippen LogP contribution in [0.5, 0.6) is 0 Å². The third-order valence-corrected chi connectivity index (χ3v) is 2.97. The summed E-state index contributed by atoms with van der Waals surface area (Å²) in [6.45, 7) is 5.54. The molecular formula is C13H22N2O. The molecule has 2 N–H and O–H groups in total. The van der Waals surface area contributed by atoms with Crippen molar-refractivity contribution in [2.45, 2.75) is 39.2 Å². The quantitative estimate of drug-likeness (QED) is 0.634. The molecule has 1 fully saturated rings. The summed E-state index contributed by atoms with van der Waals surface area (Å²) in [5.74, 6) is 3.89. The molecule has 0 bridgehead atoms. The van der Waals surface area contributed by atoms with Gasteiger partial charge in [0.25, 0.3) is 0 Å². The van der Waals surface area contributed by atoms with Crippen LogP contribution < -0.4 is 10.6 Å². The Morgan fingerprint density at radius 1 is 1.50 bits per heavy atom. The molecule has 1 rings (SSSR count). The molecule has 0 aromatic carbocycles. The van der Waals surface area contributed by atoms with E-state index in [0.717, 1.165) is 12.5 Å². The van der Waals surface area contributed by atoms with Crippen LogP contribution in [0.2, 0.25) is 0 Å². The van der Waals surface area contributed by atoms with E-state index in [-0.39, 0.29) is 5.91 Å². The van der Waals surface area contributed by atoms with Gasteiger partial charge < -0.3 is 10.6 Å². The minimum Gasteiger partial charge on any atom is -0.345 e. The lowest BCUT2D eigenvalue weighted by atomic mass is 9.99. The number of hydrogen-bond acceptors (Lipinski definition) is 2. The van der Waals surface area contributed by atoms with Gasteiger partial charge in [-0.15, -0.1) is 6.42 Å². The first-order valence-electron chi connectivity index (χ1n) is 6.08. The van der Waals surface area contributed by atoms with Gasteiger partial charge in [-0.25, -0.2) is 0 Å². The van der Waals surface area contributed by atoms with Crippen molar-refractivity contribution in [1.82, 2.24) is 10.6 Å². The smallest absolute Gasteiger partial charge is 0.222 e. The fourth-order valence-electron chi connectivity index (χ4n) is 1.99. The lowest BCUT2D eigenvalue weighted by Gasteiger charge is -2.21. The van der Waals surface area contributed by atoms with Crippen molar-refractivity contribution >= 4 is 5.91 Å². The fourth-order valence-corrected chi connectivity index (χ4v) is 1.99. The minimum atomic E-state index is 0.0313. The summed E-state index contributed by atoms with van der Waals surface area (Å²) >= 11 is 0. The average molecular weight is 222 g/mol. The lowest BCUT2D eigenvalue weighted by Crippen LogP contribution is -2.38. The summed E-state index contributed by atoms with van der Waals surface area (Å²) in [5, 5.41) is 6.14. The fraction of sp³-hybridized carbons (Fsp3) is 0.769. The number of terminal acetylenes is 1. The first-order chi connectivity index (χ1) is 7.65. The highest BCUT2D eigenvalue weighted by Crippen LogP contribution is 2.35. The van der Waals surface area contributed by atoms with Crippen molar-refractivity contribution in [2.75, 3.05) is 13.1 Å². The van der Waals surface area contributed by atoms with Crippen LogP contribution in [-0.2, 0) is 4.79 Å². The molecule has 0 aromatic heterocycles. The van der Waals surface area contributed by atoms with Crippen LogP contribution in [0.1, 0.15) is 33.1 Å². The van der Waals surface area contributed by atoms with Crippen molar-refractivity contribution in [3.05, 3.63) is 0 Å². The lowest BCUT2D eigenvalue weighted by molar-refractivity contribution is -0.120. The summed E-state index contributed by atoms with van der Waals surface area (Å²) in [4.78, 5) is 11.3. The van der Waals surface area contributed by atoms with Crippen molar-refractivity contribution < 1.29 is 4.79 Å². The highest BCUT2D eigenvalue weighted by Gasteiger charge is 2.32. The molecule has 1 aliphatic carbocycles. The van der Waals surface area contributed by atoms with E-state index in [4.69, 9.17) is 6.42 Å². The average Bonchev–Trinajstić information content (AvgIpc) is 3.04. The van der Waals surface area contributed by atoms with Crippen molar-refractivity contribution in [3.8, 4) is 12.3 Å². The van der Waals surface area contributed by atoms with Gasteiger partial charge in [0.1, 0.15) is 0 Å². The minimum absolute atomic E-state index is 0.0313. The van der Waals surface area contributed by atoms with Crippen molar-refractivity contribution in [3.63, 3.8) is 0 Å². The number of hydrogen-bond donors (Lipinski definition) is 2. The van der Waals surface area contributed by atoms with E-state index < -0.39 is 0 Å². The zero-order chi connectivity index (χ0) is 12.0. The molecule has 1 unspecified atom stereocenters. The van der Waals surface area contributed by atoms with Gasteiger partial charge in [0.2, 0.25) is 5.91 Å². The molecule has 3 heteroatoms. The SMILES string of the molecule is C#CCNC(=O)CCNC(C(C)C)C1CC1. The van der Waals surface area contributed by atoms with Gasteiger partial charge in [-0.2, -0.15) is 0 Å². The van der Waals surface area contributed by atoms with E-state index in [9.17, 15) is 4.79 Å². The number of rotatable bonds is 7. The molecule has 0 aliphatic heterocycles. The topological polar surface area (TPSA) is 41.1 Å². The Bertz CT molecular complexity index is 262. The molecule has 0 aromatic rings. The molecular weight excluding hydrogens is 200 g/mol. The zero-order valence-electron chi connectivity index (χ0n) is 10.3. The van der Waals surface area contributed by atoms with Gasteiger partial charge in [-0.3, -0.25) is 4.79 Å². The maximum absolute atomic E-state index is 11.3. The van der Waals surface area contributed by atoms with Crippen LogP contribution in [0.25, 0.3) is 0 Å². The molecule has 1 amide bonds. The first-order valence-corrected chi connectivity index (χ1v) is 6.08. The second-order valence-corrected chi connectivity index (χ2v) is 4.79. The highest BCUT2D eigenvalue weighted by molar-refractivity contribution is 5.76. The van der Waals surface area contributed by atoms with Crippen molar-refractivity contribution in [2.24, 2.45) is 11.8 Å². The van der Waals surface area contributed by atoms with Gasteiger partial charge in [0.05, 0.1) is 6.54 Å². The molecule has 16 heavy (non-hydrogen) atoms. The van der Waals surface area contributed by atoms with Crippen LogP contribution >= 0.6 is 0 Å². The Labute approximate surface area is 98.4 Å². The van der Waals surface area contributed by atoms with Gasteiger partial charge >= 0.3 is 0 Å². The summed E-state index contributed by atoms with van der Waals surface area (Å²) in [5.41, 5.74) is 0. The van der Waals surface area contributed by atoms with Crippen LogP contribution in [0.3, 0.4) is 0 Å². The Morgan fingerprint density at radius 2 is 2.19 bits per heavy atom. The number of nitrogens with one attached hydrogen (secondary N) is 2. The Kier molecular flexibility index (Phi) is 5.34. The summed E-state index contributed by atoms with van der Waals surface area (Å²) < 4.78 is 0. The maximum Gasteiger partial charge on any atom is 0.222 e.